The largest absolute Gasteiger partial charge is 0.436 e. The van der Waals surface area contributed by atoms with Gasteiger partial charge < -0.3 is 8.98 Å². The van der Waals surface area contributed by atoms with E-state index in [1.165, 1.54) is 61.2 Å². The number of fused-ring (bicyclic) bond motifs is 4. The maximum Gasteiger partial charge on any atom is 0.227 e. The molecule has 0 radical (unpaired) electrons. The van der Waals surface area contributed by atoms with E-state index < -0.39 is 0 Å². The summed E-state index contributed by atoms with van der Waals surface area (Å²) < 4.78 is 8.84. The fourth-order valence-electron chi connectivity index (χ4n) is 7.69. The molecule has 1 atom stereocenters. The molecule has 8 aromatic rings. The first-order chi connectivity index (χ1) is 24.7. The summed E-state index contributed by atoms with van der Waals surface area (Å²) in [5, 5.41) is 1.30. The zero-order chi connectivity index (χ0) is 33.6. The van der Waals surface area contributed by atoms with Crippen molar-refractivity contribution in [1.82, 2.24) is 9.55 Å². The number of hydrogen-bond donors (Lipinski definition) is 0. The number of oxazole rings is 1. The molecule has 3 nitrogen and oxygen atoms in total. The predicted molar refractivity (Wildman–Crippen MR) is 209 cm³/mol. The molecular weight excluding hydrogens is 609 g/mol. The van der Waals surface area contributed by atoms with Gasteiger partial charge in [0.15, 0.2) is 5.58 Å². The van der Waals surface area contributed by atoms with Crippen LogP contribution in [-0.2, 0) is 6.42 Å². The summed E-state index contributed by atoms with van der Waals surface area (Å²) in [4.78, 5) is 4.87. The molecule has 2 aromatic heterocycles. The van der Waals surface area contributed by atoms with Crippen molar-refractivity contribution in [2.45, 2.75) is 39.0 Å². The minimum atomic E-state index is 0.417. The van der Waals surface area contributed by atoms with Gasteiger partial charge in [-0.1, -0.05) is 123 Å². The molecular formula is C47H38N2O. The Hall–Kier alpha value is -5.93. The van der Waals surface area contributed by atoms with E-state index in [0.29, 0.717) is 11.8 Å². The predicted octanol–water partition coefficient (Wildman–Crippen LogP) is 12.9. The second-order valence-electron chi connectivity index (χ2n) is 13.4. The quantitative estimate of drug-likeness (QED) is 0.172. The highest BCUT2D eigenvalue weighted by atomic mass is 16.3. The minimum absolute atomic E-state index is 0.417. The summed E-state index contributed by atoms with van der Waals surface area (Å²) in [6.45, 7) is 4.45. The fraction of sp³-hybridized carbons (Fsp3) is 0.128. The lowest BCUT2D eigenvalue weighted by Crippen LogP contribution is -2.02. The maximum absolute atomic E-state index is 6.39. The molecule has 1 unspecified atom stereocenters. The van der Waals surface area contributed by atoms with Crippen molar-refractivity contribution in [2.24, 2.45) is 0 Å². The van der Waals surface area contributed by atoms with Gasteiger partial charge >= 0.3 is 0 Å². The number of rotatable bonds is 7. The van der Waals surface area contributed by atoms with Crippen molar-refractivity contribution in [3.8, 4) is 50.5 Å². The highest BCUT2D eigenvalue weighted by Crippen LogP contribution is 2.42. The lowest BCUT2D eigenvalue weighted by atomic mass is 9.88. The molecule has 0 aliphatic heterocycles. The Morgan fingerprint density at radius 2 is 1.34 bits per heavy atom. The normalized spacial score (nSPS) is 13.2. The first-order valence-corrected chi connectivity index (χ1v) is 17.8. The van der Waals surface area contributed by atoms with Crippen LogP contribution in [0.2, 0.25) is 0 Å². The third-order valence-corrected chi connectivity index (χ3v) is 10.4. The summed E-state index contributed by atoms with van der Waals surface area (Å²) in [6, 6.07) is 50.2. The number of benzene rings is 6. The van der Waals surface area contributed by atoms with Crippen molar-refractivity contribution in [2.75, 3.05) is 0 Å². The molecule has 1 aliphatic carbocycles. The average molecular weight is 647 g/mol. The van der Waals surface area contributed by atoms with Crippen molar-refractivity contribution in [3.05, 3.63) is 162 Å². The van der Waals surface area contributed by atoms with Gasteiger partial charge in [0.2, 0.25) is 5.89 Å². The van der Waals surface area contributed by atoms with E-state index in [4.69, 9.17) is 9.40 Å². The van der Waals surface area contributed by atoms with Crippen LogP contribution in [0.1, 0.15) is 49.4 Å². The highest BCUT2D eigenvalue weighted by Gasteiger charge is 2.21. The first kappa shape index (κ1) is 30.2. The van der Waals surface area contributed by atoms with Crippen LogP contribution in [0.5, 0.6) is 0 Å². The molecule has 0 saturated carbocycles. The van der Waals surface area contributed by atoms with Crippen LogP contribution in [0.3, 0.4) is 0 Å². The first-order valence-electron chi connectivity index (χ1n) is 17.8. The molecule has 9 rings (SSSR count). The van der Waals surface area contributed by atoms with Gasteiger partial charge in [-0.2, -0.15) is 0 Å². The Labute approximate surface area is 293 Å². The molecule has 0 spiro atoms. The lowest BCUT2D eigenvalue weighted by Gasteiger charge is -2.15. The molecule has 0 fully saturated rings. The van der Waals surface area contributed by atoms with E-state index in [-0.39, 0.29) is 0 Å². The molecule has 242 valence electrons. The second kappa shape index (κ2) is 12.5. The van der Waals surface area contributed by atoms with E-state index in [2.05, 4.69) is 164 Å². The molecule has 0 amide bonds. The molecule has 6 aromatic carbocycles. The summed E-state index contributed by atoms with van der Waals surface area (Å²) in [5.74, 6) is 1.08. The number of nitrogens with zero attached hydrogens (tertiary/aromatic N) is 2. The van der Waals surface area contributed by atoms with Gasteiger partial charge in [0.05, 0.1) is 5.52 Å². The van der Waals surface area contributed by atoms with Crippen molar-refractivity contribution >= 4 is 28.1 Å². The van der Waals surface area contributed by atoms with Crippen molar-refractivity contribution in [1.29, 1.82) is 0 Å². The molecule has 50 heavy (non-hydrogen) atoms. The van der Waals surface area contributed by atoms with Crippen LogP contribution in [0.15, 0.2) is 150 Å². The number of hydrogen-bond acceptors (Lipinski definition) is 2. The van der Waals surface area contributed by atoms with Crippen LogP contribution < -0.4 is 0 Å². The van der Waals surface area contributed by atoms with Crippen LogP contribution in [0.4, 0.5) is 0 Å². The molecule has 2 heterocycles. The van der Waals surface area contributed by atoms with Gasteiger partial charge in [-0.25, -0.2) is 4.98 Å². The molecule has 3 heteroatoms. The van der Waals surface area contributed by atoms with E-state index in [1.54, 1.807) is 0 Å². The Morgan fingerprint density at radius 3 is 2.08 bits per heavy atom. The molecule has 1 aliphatic rings. The van der Waals surface area contributed by atoms with Gasteiger partial charge in [0.25, 0.3) is 0 Å². The zero-order valence-corrected chi connectivity index (χ0v) is 28.4. The van der Waals surface area contributed by atoms with E-state index in [1.807, 2.05) is 6.07 Å². The Balaban J connectivity index is 1.11. The van der Waals surface area contributed by atoms with E-state index in [9.17, 15) is 0 Å². The van der Waals surface area contributed by atoms with Crippen LogP contribution in [-0.4, -0.2) is 9.55 Å². The van der Waals surface area contributed by atoms with E-state index >= 15 is 0 Å². The summed E-state index contributed by atoms with van der Waals surface area (Å²) in [7, 11) is 0. The standard InChI is InChI=1S/C47H38N2O/c1-3-31(2)36-21-13-22-43-46(36)50-47(48-43)33-26-24-32(25-27-33)37-16-7-9-18-39(37)40-19-10-8-17-38(40)34-28-29-45-42(30-34)41-20-11-12-23-44(41)49(45)35-14-5-4-6-15-35/h4-11,13-22,24-31H,3,12,23H2,1-2H3. The van der Waals surface area contributed by atoms with Crippen molar-refractivity contribution < 1.29 is 4.42 Å². The number of para-hydroxylation sites is 2. The molecule has 0 N–H and O–H groups in total. The molecule has 0 bridgehead atoms. The Kier molecular flexibility index (Phi) is 7.54. The van der Waals surface area contributed by atoms with Crippen molar-refractivity contribution in [3.63, 3.8) is 0 Å². The fourth-order valence-corrected chi connectivity index (χ4v) is 7.69. The highest BCUT2D eigenvalue weighted by molar-refractivity contribution is 5.99. The maximum atomic E-state index is 6.39. The van der Waals surface area contributed by atoms with Crippen LogP contribution >= 0.6 is 0 Å². The Bertz CT molecular complexity index is 2530. The van der Waals surface area contributed by atoms with E-state index in [0.717, 1.165) is 41.5 Å². The van der Waals surface area contributed by atoms with Gasteiger partial charge in [-0.3, -0.25) is 0 Å². The van der Waals surface area contributed by atoms with Gasteiger partial charge in [0.1, 0.15) is 5.52 Å². The van der Waals surface area contributed by atoms with Gasteiger partial charge in [0, 0.05) is 27.9 Å². The third-order valence-electron chi connectivity index (χ3n) is 10.4. The van der Waals surface area contributed by atoms with Crippen LogP contribution in [0.25, 0.3) is 78.6 Å². The van der Waals surface area contributed by atoms with Gasteiger partial charge in [-0.15, -0.1) is 0 Å². The average Bonchev–Trinajstić information content (AvgIpc) is 3.77. The number of allylic oxidation sites excluding steroid dienone is 1. The second-order valence-corrected chi connectivity index (χ2v) is 13.4. The minimum Gasteiger partial charge on any atom is -0.436 e. The monoisotopic (exact) mass is 646 g/mol. The van der Waals surface area contributed by atoms with Crippen LogP contribution in [0, 0.1) is 0 Å². The third kappa shape index (κ3) is 5.09. The Morgan fingerprint density at radius 1 is 0.680 bits per heavy atom. The topological polar surface area (TPSA) is 31.0 Å². The van der Waals surface area contributed by atoms with Gasteiger partial charge in [-0.05, 0) is 107 Å². The smallest absolute Gasteiger partial charge is 0.227 e. The summed E-state index contributed by atoms with van der Waals surface area (Å²) in [5.41, 5.74) is 16.4. The molecule has 0 saturated heterocycles. The SMILES string of the molecule is CCC(C)c1cccc2nc(-c3ccc(-c4ccccc4-c4ccccc4-c4ccc5c(c4)c4c(n5-c5ccccc5)CCC=C4)cc3)oc12. The zero-order valence-electron chi connectivity index (χ0n) is 28.4. The summed E-state index contributed by atoms with van der Waals surface area (Å²) in [6.07, 6.45) is 7.80. The number of aromatic nitrogens is 2. The lowest BCUT2D eigenvalue weighted by molar-refractivity contribution is 0.606. The summed E-state index contributed by atoms with van der Waals surface area (Å²) >= 11 is 0.